The van der Waals surface area contributed by atoms with Crippen LogP contribution in [0, 0.1) is 79.3 Å². The van der Waals surface area contributed by atoms with Crippen LogP contribution in [-0.4, -0.2) is 0 Å². The number of hydrogen-bond acceptors (Lipinski definition) is 7. The summed E-state index contributed by atoms with van der Waals surface area (Å²) < 4.78 is 41.4. The molecule has 0 saturated carbocycles. The lowest BCUT2D eigenvalue weighted by atomic mass is 9.90. The van der Waals surface area contributed by atoms with E-state index in [9.17, 15) is 34.2 Å². The SMILES string of the molecule is N#CC(c1ccc(C#N)c(C#N)c1C(F)(F)F)=c1cc(C#N)c(=C(C#N)C#N)c(C#N)c1. The highest BCUT2D eigenvalue weighted by atomic mass is 19.4. The smallest absolute Gasteiger partial charge is 0.192 e. The van der Waals surface area contributed by atoms with Gasteiger partial charge in [-0.15, -0.1) is 0 Å². The summed E-state index contributed by atoms with van der Waals surface area (Å²) in [6.07, 6.45) is -5.12. The molecule has 0 aliphatic carbocycles. The Hall–Kier alpha value is -5.60. The zero-order valence-electron chi connectivity index (χ0n) is 15.6. The van der Waals surface area contributed by atoms with Gasteiger partial charge in [-0.25, -0.2) is 0 Å². The van der Waals surface area contributed by atoms with Crippen molar-refractivity contribution in [3.05, 3.63) is 68.1 Å². The first-order valence-electron chi connectivity index (χ1n) is 8.20. The highest BCUT2D eigenvalue weighted by Gasteiger charge is 2.38. The monoisotopic (exact) mass is 423 g/mol. The van der Waals surface area contributed by atoms with Crippen LogP contribution in [0.3, 0.4) is 0 Å². The largest absolute Gasteiger partial charge is 0.418 e. The number of hydrogen-bond donors (Lipinski definition) is 0. The van der Waals surface area contributed by atoms with Gasteiger partial charge in [0.25, 0.3) is 0 Å². The van der Waals surface area contributed by atoms with Gasteiger partial charge < -0.3 is 0 Å². The van der Waals surface area contributed by atoms with Crippen LogP contribution in [0.4, 0.5) is 13.2 Å². The molecular weight excluding hydrogens is 419 g/mol. The third-order valence-corrected chi connectivity index (χ3v) is 4.24. The summed E-state index contributed by atoms with van der Waals surface area (Å²) in [5, 5.41) is 64.3. The van der Waals surface area contributed by atoms with Crippen LogP contribution >= 0.6 is 0 Å². The van der Waals surface area contributed by atoms with E-state index < -0.39 is 39.6 Å². The number of rotatable bonds is 1. The van der Waals surface area contributed by atoms with Crippen LogP contribution in [-0.2, 0) is 6.18 Å². The van der Waals surface area contributed by atoms with Crippen molar-refractivity contribution in [3.63, 3.8) is 0 Å². The maximum Gasteiger partial charge on any atom is 0.418 e. The molecule has 7 nitrogen and oxygen atoms in total. The fourth-order valence-electron chi connectivity index (χ4n) is 2.96. The van der Waals surface area contributed by atoms with Crippen molar-refractivity contribution in [2.45, 2.75) is 6.18 Å². The zero-order chi connectivity index (χ0) is 24.1. The van der Waals surface area contributed by atoms with Crippen LogP contribution in [0.2, 0.25) is 0 Å². The maximum absolute atomic E-state index is 13.8. The molecule has 0 N–H and O–H groups in total. The summed E-state index contributed by atoms with van der Waals surface area (Å²) in [5.74, 6) is 0. The van der Waals surface area contributed by atoms with Crippen LogP contribution in [0.5, 0.6) is 0 Å². The number of nitriles is 7. The Kier molecular flexibility index (Phi) is 6.26. The summed E-state index contributed by atoms with van der Waals surface area (Å²) in [6.45, 7) is 0. The molecule has 0 aromatic heterocycles. The Morgan fingerprint density at radius 1 is 0.688 bits per heavy atom. The quantitative estimate of drug-likeness (QED) is 0.677. The second kappa shape index (κ2) is 8.82. The molecule has 0 heterocycles. The van der Waals surface area contributed by atoms with Crippen molar-refractivity contribution in [1.29, 1.82) is 36.8 Å². The summed E-state index contributed by atoms with van der Waals surface area (Å²) in [4.78, 5) is 0. The average Bonchev–Trinajstić information content (AvgIpc) is 2.79. The van der Waals surface area contributed by atoms with Gasteiger partial charge in [0.15, 0.2) is 0 Å². The fraction of sp³-hybridized carbons (Fsp3) is 0.0455. The summed E-state index contributed by atoms with van der Waals surface area (Å²) >= 11 is 0. The van der Waals surface area contributed by atoms with Crippen LogP contribution in [0.1, 0.15) is 33.4 Å². The third kappa shape index (κ3) is 3.79. The molecular formula is C22H4F3N7. The van der Waals surface area contributed by atoms with E-state index in [0.29, 0.717) is 0 Å². The van der Waals surface area contributed by atoms with E-state index in [1.807, 2.05) is 0 Å². The molecule has 0 unspecified atom stereocenters. The molecule has 10 heteroatoms. The molecule has 148 valence electrons. The first-order chi connectivity index (χ1) is 15.2. The minimum atomic E-state index is -5.12. The van der Waals surface area contributed by atoms with E-state index >= 15 is 0 Å². The van der Waals surface area contributed by atoms with Gasteiger partial charge in [-0.1, -0.05) is 6.07 Å². The van der Waals surface area contributed by atoms with E-state index in [-0.39, 0.29) is 21.6 Å². The zero-order valence-corrected chi connectivity index (χ0v) is 15.6. The van der Waals surface area contributed by atoms with E-state index in [1.165, 1.54) is 24.3 Å². The van der Waals surface area contributed by atoms with Crippen molar-refractivity contribution in [2.75, 3.05) is 0 Å². The van der Waals surface area contributed by atoms with Gasteiger partial charge in [0.1, 0.15) is 35.9 Å². The predicted molar refractivity (Wildman–Crippen MR) is 98.8 cm³/mol. The predicted octanol–water partition coefficient (Wildman–Crippen LogP) is 2.11. The van der Waals surface area contributed by atoms with E-state index in [4.69, 9.17) is 15.8 Å². The molecule has 0 spiro atoms. The summed E-state index contributed by atoms with van der Waals surface area (Å²) in [6, 6.07) is 14.5. The molecule has 0 bridgehead atoms. The van der Waals surface area contributed by atoms with E-state index in [0.717, 1.165) is 24.3 Å². The van der Waals surface area contributed by atoms with Crippen molar-refractivity contribution < 1.29 is 13.2 Å². The van der Waals surface area contributed by atoms with E-state index in [1.54, 1.807) is 18.2 Å². The second-order valence-electron chi connectivity index (χ2n) is 5.89. The summed E-state index contributed by atoms with van der Waals surface area (Å²) in [5.41, 5.74) is -5.74. The standard InChI is InChI=1S/C22H4F3N7/c23-22(24,25)21-17(2-1-12(5-26)19(21)11-32)18(10-31)13-3-14(6-27)20(15(4-13)7-28)16(8-29)9-30/h1-4H. The normalized spacial score (nSPS) is 9.50. The minimum Gasteiger partial charge on any atom is -0.192 e. The van der Waals surface area contributed by atoms with Crippen LogP contribution in [0.15, 0.2) is 24.3 Å². The van der Waals surface area contributed by atoms with Gasteiger partial charge in [-0.3, -0.25) is 0 Å². The van der Waals surface area contributed by atoms with Gasteiger partial charge in [0, 0.05) is 10.8 Å². The van der Waals surface area contributed by atoms with Crippen molar-refractivity contribution >= 4 is 11.1 Å². The highest BCUT2D eigenvalue weighted by Crippen LogP contribution is 2.38. The van der Waals surface area contributed by atoms with Gasteiger partial charge >= 0.3 is 6.18 Å². The highest BCUT2D eigenvalue weighted by molar-refractivity contribution is 5.82. The third-order valence-electron chi connectivity index (χ3n) is 4.24. The Labute approximate surface area is 178 Å². The average molecular weight is 423 g/mol. The molecule has 2 rings (SSSR count). The molecule has 2 aromatic rings. The molecule has 0 aliphatic rings. The van der Waals surface area contributed by atoms with Gasteiger partial charge in [0.05, 0.1) is 45.5 Å². The fourth-order valence-corrected chi connectivity index (χ4v) is 2.96. The van der Waals surface area contributed by atoms with Crippen molar-refractivity contribution in [1.82, 2.24) is 0 Å². The topological polar surface area (TPSA) is 167 Å². The number of nitrogens with zero attached hydrogens (tertiary/aromatic N) is 7. The second-order valence-corrected chi connectivity index (χ2v) is 5.89. The lowest BCUT2D eigenvalue weighted by molar-refractivity contribution is -0.138. The Bertz CT molecular complexity index is 1520. The van der Waals surface area contributed by atoms with Gasteiger partial charge in [0.2, 0.25) is 0 Å². The number of benzene rings is 2. The Morgan fingerprint density at radius 3 is 1.59 bits per heavy atom. The van der Waals surface area contributed by atoms with Gasteiger partial charge in [-0.05, 0) is 23.4 Å². The van der Waals surface area contributed by atoms with Crippen molar-refractivity contribution in [3.8, 4) is 42.5 Å². The lowest BCUT2D eigenvalue weighted by Gasteiger charge is -2.15. The van der Waals surface area contributed by atoms with Crippen molar-refractivity contribution in [2.24, 2.45) is 0 Å². The molecule has 0 aliphatic heterocycles. The van der Waals surface area contributed by atoms with E-state index in [2.05, 4.69) is 0 Å². The summed E-state index contributed by atoms with van der Waals surface area (Å²) in [7, 11) is 0. The molecule has 2 aromatic carbocycles. The Morgan fingerprint density at radius 2 is 1.22 bits per heavy atom. The van der Waals surface area contributed by atoms with Crippen LogP contribution in [0.25, 0.3) is 11.1 Å². The number of halogens is 3. The molecule has 32 heavy (non-hydrogen) atoms. The first kappa shape index (κ1) is 22.7. The minimum absolute atomic E-state index is 0.279. The van der Waals surface area contributed by atoms with Crippen LogP contribution < -0.4 is 10.4 Å². The molecule has 0 saturated heterocycles. The molecule has 0 atom stereocenters. The maximum atomic E-state index is 13.8. The Balaban J connectivity index is 3.25. The van der Waals surface area contributed by atoms with Gasteiger partial charge in [-0.2, -0.15) is 50.0 Å². The lowest BCUT2D eigenvalue weighted by Crippen LogP contribution is -2.22. The first-order valence-corrected chi connectivity index (χ1v) is 8.20. The molecule has 0 amide bonds. The molecule has 0 radical (unpaired) electrons. The molecule has 0 fully saturated rings. The number of alkyl halides is 3.